The van der Waals surface area contributed by atoms with Crippen LogP contribution >= 0.6 is 0 Å². The third-order valence-corrected chi connectivity index (χ3v) is 4.21. The summed E-state index contributed by atoms with van der Waals surface area (Å²) in [6.07, 6.45) is 7.73. The molecule has 1 saturated carbocycles. The molecular formula is C15H20N2O3. The Morgan fingerprint density at radius 3 is 2.40 bits per heavy atom. The molecule has 1 fully saturated rings. The summed E-state index contributed by atoms with van der Waals surface area (Å²) < 4.78 is 0. The van der Waals surface area contributed by atoms with E-state index >= 15 is 0 Å². The van der Waals surface area contributed by atoms with Crippen molar-refractivity contribution in [2.75, 3.05) is 7.05 Å². The van der Waals surface area contributed by atoms with Gasteiger partial charge in [0.05, 0.1) is 12.0 Å². The number of pyridine rings is 1. The van der Waals surface area contributed by atoms with Crippen molar-refractivity contribution in [3.63, 3.8) is 0 Å². The Hall–Kier alpha value is -1.91. The number of carbonyl (C=O) groups is 2. The molecule has 0 atom stereocenters. The van der Waals surface area contributed by atoms with E-state index < -0.39 is 11.5 Å². The lowest BCUT2D eigenvalue weighted by Gasteiger charge is -2.43. The molecule has 1 amide bonds. The van der Waals surface area contributed by atoms with E-state index in [4.69, 9.17) is 0 Å². The number of hydrogen-bond acceptors (Lipinski definition) is 3. The lowest BCUT2D eigenvalue weighted by atomic mass is 9.78. The Morgan fingerprint density at radius 2 is 1.85 bits per heavy atom. The van der Waals surface area contributed by atoms with Crippen LogP contribution in [0.2, 0.25) is 0 Å². The van der Waals surface area contributed by atoms with Crippen LogP contribution in [0.5, 0.6) is 0 Å². The standard InChI is InChI=1S/C15H20N2O3/c1-17(14(20)12-5-9-16-10-6-12)15(11-13(18)19)7-3-2-4-8-15/h5-6,9-10H,2-4,7-8,11H2,1H3,(H,18,19). The maximum absolute atomic E-state index is 12.5. The van der Waals surface area contributed by atoms with Crippen LogP contribution in [0.3, 0.4) is 0 Å². The van der Waals surface area contributed by atoms with E-state index in [9.17, 15) is 14.7 Å². The highest BCUT2D eigenvalue weighted by atomic mass is 16.4. The molecule has 1 N–H and O–H groups in total. The Morgan fingerprint density at radius 1 is 1.25 bits per heavy atom. The van der Waals surface area contributed by atoms with Crippen LogP contribution < -0.4 is 0 Å². The molecule has 108 valence electrons. The Kier molecular flexibility index (Phi) is 4.37. The normalized spacial score (nSPS) is 17.4. The van der Waals surface area contributed by atoms with Gasteiger partial charge in [0, 0.05) is 25.0 Å². The molecule has 1 aromatic rings. The summed E-state index contributed by atoms with van der Waals surface area (Å²) >= 11 is 0. The van der Waals surface area contributed by atoms with Gasteiger partial charge in [0.1, 0.15) is 0 Å². The molecule has 5 heteroatoms. The molecule has 2 rings (SSSR count). The van der Waals surface area contributed by atoms with Gasteiger partial charge in [-0.3, -0.25) is 14.6 Å². The highest BCUT2D eigenvalue weighted by Gasteiger charge is 2.40. The van der Waals surface area contributed by atoms with Gasteiger partial charge >= 0.3 is 5.97 Å². The van der Waals surface area contributed by atoms with Gasteiger partial charge in [0.15, 0.2) is 0 Å². The predicted molar refractivity (Wildman–Crippen MR) is 74.4 cm³/mol. The average molecular weight is 276 g/mol. The molecule has 0 bridgehead atoms. The van der Waals surface area contributed by atoms with Crippen molar-refractivity contribution in [3.8, 4) is 0 Å². The molecule has 0 aliphatic heterocycles. The number of aromatic nitrogens is 1. The van der Waals surface area contributed by atoms with Crippen LogP contribution in [0.25, 0.3) is 0 Å². The number of amides is 1. The molecule has 0 radical (unpaired) electrons. The first kappa shape index (κ1) is 14.5. The van der Waals surface area contributed by atoms with Gasteiger partial charge < -0.3 is 10.0 Å². The Bertz CT molecular complexity index is 481. The molecule has 20 heavy (non-hydrogen) atoms. The SMILES string of the molecule is CN(C(=O)c1ccncc1)C1(CC(=O)O)CCCCC1. The third-order valence-electron chi connectivity index (χ3n) is 4.21. The van der Waals surface area contributed by atoms with Crippen molar-refractivity contribution < 1.29 is 14.7 Å². The number of carboxylic acid groups (broad SMARTS) is 1. The van der Waals surface area contributed by atoms with Crippen LogP contribution in [-0.4, -0.2) is 39.5 Å². The minimum atomic E-state index is -0.846. The summed E-state index contributed by atoms with van der Waals surface area (Å²) in [6, 6.07) is 3.33. The maximum Gasteiger partial charge on any atom is 0.305 e. The zero-order valence-corrected chi connectivity index (χ0v) is 11.7. The highest BCUT2D eigenvalue weighted by Crippen LogP contribution is 2.36. The second-order valence-corrected chi connectivity index (χ2v) is 5.46. The van der Waals surface area contributed by atoms with Crippen LogP contribution in [0.1, 0.15) is 48.9 Å². The average Bonchev–Trinajstić information content (AvgIpc) is 2.47. The van der Waals surface area contributed by atoms with E-state index in [-0.39, 0.29) is 12.3 Å². The second kappa shape index (κ2) is 6.03. The van der Waals surface area contributed by atoms with E-state index in [1.54, 1.807) is 36.5 Å². The Labute approximate surface area is 118 Å². The number of rotatable bonds is 4. The summed E-state index contributed by atoms with van der Waals surface area (Å²) in [4.78, 5) is 29.3. The monoisotopic (exact) mass is 276 g/mol. The van der Waals surface area contributed by atoms with Crippen LogP contribution in [-0.2, 0) is 4.79 Å². The topological polar surface area (TPSA) is 70.5 Å². The Balaban J connectivity index is 2.24. The number of carboxylic acids is 1. The van der Waals surface area contributed by atoms with Crippen molar-refractivity contribution in [2.45, 2.75) is 44.1 Å². The first-order valence-corrected chi connectivity index (χ1v) is 6.95. The molecule has 1 aromatic heterocycles. The van der Waals surface area contributed by atoms with Gasteiger partial charge in [-0.1, -0.05) is 19.3 Å². The van der Waals surface area contributed by atoms with Crippen molar-refractivity contribution >= 4 is 11.9 Å². The molecule has 1 aliphatic rings. The zero-order valence-electron chi connectivity index (χ0n) is 11.7. The molecule has 0 spiro atoms. The van der Waals surface area contributed by atoms with Gasteiger partial charge in [-0.15, -0.1) is 0 Å². The smallest absolute Gasteiger partial charge is 0.305 e. The summed E-state index contributed by atoms with van der Waals surface area (Å²) in [5, 5.41) is 9.18. The third kappa shape index (κ3) is 2.98. The molecule has 1 aliphatic carbocycles. The first-order valence-electron chi connectivity index (χ1n) is 6.95. The summed E-state index contributed by atoms with van der Waals surface area (Å²) in [6.45, 7) is 0. The van der Waals surface area contributed by atoms with Crippen molar-refractivity contribution in [3.05, 3.63) is 30.1 Å². The number of nitrogens with zero attached hydrogens (tertiary/aromatic N) is 2. The van der Waals surface area contributed by atoms with Gasteiger partial charge in [-0.25, -0.2) is 0 Å². The quantitative estimate of drug-likeness (QED) is 0.916. The summed E-state index contributed by atoms with van der Waals surface area (Å²) in [5.74, 6) is -0.975. The number of carbonyl (C=O) groups excluding carboxylic acids is 1. The summed E-state index contributed by atoms with van der Waals surface area (Å²) in [7, 11) is 1.72. The lowest BCUT2D eigenvalue weighted by Crippen LogP contribution is -2.52. The van der Waals surface area contributed by atoms with Crippen LogP contribution in [0.15, 0.2) is 24.5 Å². The minimum Gasteiger partial charge on any atom is -0.481 e. The first-order chi connectivity index (χ1) is 9.55. The summed E-state index contributed by atoms with van der Waals surface area (Å²) in [5.41, 5.74) is 0.00240. The fourth-order valence-electron chi connectivity index (χ4n) is 3.03. The maximum atomic E-state index is 12.5. The van der Waals surface area contributed by atoms with E-state index in [0.717, 1.165) is 32.1 Å². The van der Waals surface area contributed by atoms with Crippen molar-refractivity contribution in [2.24, 2.45) is 0 Å². The predicted octanol–water partition coefficient (Wildman–Crippen LogP) is 2.33. The minimum absolute atomic E-state index is 0.0142. The largest absolute Gasteiger partial charge is 0.481 e. The molecule has 0 saturated heterocycles. The van der Waals surface area contributed by atoms with Crippen LogP contribution in [0.4, 0.5) is 0 Å². The highest BCUT2D eigenvalue weighted by molar-refractivity contribution is 5.94. The van der Waals surface area contributed by atoms with Gasteiger partial charge in [-0.2, -0.15) is 0 Å². The molecule has 1 heterocycles. The van der Waals surface area contributed by atoms with Crippen molar-refractivity contribution in [1.82, 2.24) is 9.88 Å². The molecule has 0 unspecified atom stereocenters. The van der Waals surface area contributed by atoms with E-state index in [0.29, 0.717) is 5.56 Å². The molecular weight excluding hydrogens is 256 g/mol. The molecule has 0 aromatic carbocycles. The second-order valence-electron chi connectivity index (χ2n) is 5.46. The van der Waals surface area contributed by atoms with Crippen LogP contribution in [0, 0.1) is 0 Å². The van der Waals surface area contributed by atoms with E-state index in [1.807, 2.05) is 0 Å². The van der Waals surface area contributed by atoms with E-state index in [2.05, 4.69) is 4.98 Å². The fourth-order valence-corrected chi connectivity index (χ4v) is 3.03. The van der Waals surface area contributed by atoms with Gasteiger partial charge in [0.2, 0.25) is 0 Å². The van der Waals surface area contributed by atoms with Crippen molar-refractivity contribution in [1.29, 1.82) is 0 Å². The number of hydrogen-bond donors (Lipinski definition) is 1. The van der Waals surface area contributed by atoms with Gasteiger partial charge in [-0.05, 0) is 25.0 Å². The molecule has 5 nitrogen and oxygen atoms in total. The van der Waals surface area contributed by atoms with E-state index in [1.165, 1.54) is 0 Å². The van der Waals surface area contributed by atoms with Gasteiger partial charge in [0.25, 0.3) is 5.91 Å². The number of aliphatic carboxylic acids is 1. The lowest BCUT2D eigenvalue weighted by molar-refractivity contribution is -0.140. The fraction of sp³-hybridized carbons (Fsp3) is 0.533. The zero-order chi connectivity index (χ0) is 14.6.